The molecule has 1 atom stereocenters. The van der Waals surface area contributed by atoms with Gasteiger partial charge in [-0.2, -0.15) is 0 Å². The summed E-state index contributed by atoms with van der Waals surface area (Å²) < 4.78 is 0.662. The van der Waals surface area contributed by atoms with Crippen molar-refractivity contribution in [2.45, 2.75) is 83.6 Å². The lowest BCUT2D eigenvalue weighted by Crippen LogP contribution is -2.50. The van der Waals surface area contributed by atoms with E-state index in [4.69, 9.17) is 11.1 Å². The molecule has 1 aromatic heterocycles. The predicted octanol–water partition coefficient (Wildman–Crippen LogP) is 8.34. The van der Waals surface area contributed by atoms with Crippen molar-refractivity contribution in [2.24, 2.45) is 5.73 Å². The second-order valence-corrected chi connectivity index (χ2v) is 15.0. The van der Waals surface area contributed by atoms with Crippen LogP contribution in [0.5, 0.6) is 0 Å². The van der Waals surface area contributed by atoms with Gasteiger partial charge in [0.2, 0.25) is 11.8 Å². The van der Waals surface area contributed by atoms with Crippen molar-refractivity contribution in [2.75, 3.05) is 19.6 Å². The molecule has 0 bridgehead atoms. The molecule has 0 fully saturated rings. The predicted molar refractivity (Wildman–Crippen MR) is 227 cm³/mol. The zero-order chi connectivity index (χ0) is 39.0. The Labute approximate surface area is 332 Å². The standard InChI is InChI=1S/C44H54BrN7O3/c1-2-3-4-5-6-7-8-9-10-15-24-49-44(47)50-26-25-48-43(55)39(27-31-29-51-38-19-14-13-17-33(31)38)52-42(54)37-28-32(45)21-23-35(37)40-34-18-12-11-16-30(34)20-22-36(40)41(46)53/h11-14,16-23,28-29,39,51H,2-10,15,24-27H2,1H3,(H2,46,53)(H,48,55)(H,52,54)(H3,47,49,50). The summed E-state index contributed by atoms with van der Waals surface area (Å²) in [5, 5.41) is 23.0. The molecule has 1 unspecified atom stereocenters. The largest absolute Gasteiger partial charge is 0.366 e. The maximum absolute atomic E-state index is 14.3. The molecule has 1 heterocycles. The number of hydrogen-bond donors (Lipinski definition) is 7. The number of aromatic nitrogens is 1. The van der Waals surface area contributed by atoms with E-state index in [2.05, 4.69) is 49.1 Å². The molecule has 290 valence electrons. The van der Waals surface area contributed by atoms with Crippen molar-refractivity contribution in [3.63, 3.8) is 0 Å². The fourth-order valence-electron chi connectivity index (χ4n) is 7.04. The molecule has 0 saturated carbocycles. The van der Waals surface area contributed by atoms with Gasteiger partial charge in [0.25, 0.3) is 5.91 Å². The Morgan fingerprint density at radius 3 is 2.15 bits per heavy atom. The Morgan fingerprint density at radius 1 is 0.745 bits per heavy atom. The number of guanidine groups is 1. The van der Waals surface area contributed by atoms with E-state index in [1.807, 2.05) is 66.9 Å². The smallest absolute Gasteiger partial charge is 0.252 e. The molecular weight excluding hydrogens is 754 g/mol. The molecule has 0 aliphatic rings. The number of carbonyl (C=O) groups is 3. The average molecular weight is 809 g/mol. The summed E-state index contributed by atoms with van der Waals surface area (Å²) in [6.45, 7) is 3.57. The summed E-state index contributed by atoms with van der Waals surface area (Å²) >= 11 is 3.52. The fraction of sp³-hybridized carbons (Fsp3) is 0.364. The molecule has 4 aromatic carbocycles. The van der Waals surface area contributed by atoms with Crippen molar-refractivity contribution in [3.05, 3.63) is 106 Å². The molecule has 5 aromatic rings. The number of carbonyl (C=O) groups excluding carboxylic acids is 3. The lowest BCUT2D eigenvalue weighted by molar-refractivity contribution is -0.122. The number of primary amides is 1. The number of nitrogens with two attached hydrogens (primary N) is 1. The third-order valence-corrected chi connectivity index (χ3v) is 10.5. The molecule has 8 N–H and O–H groups in total. The number of para-hydroxylation sites is 1. The van der Waals surface area contributed by atoms with Crippen LogP contribution in [0.25, 0.3) is 32.8 Å². The Hall–Kier alpha value is -5.16. The van der Waals surface area contributed by atoms with Gasteiger partial charge in [-0.3, -0.25) is 19.8 Å². The lowest BCUT2D eigenvalue weighted by atomic mass is 9.89. The van der Waals surface area contributed by atoms with E-state index < -0.39 is 17.9 Å². The van der Waals surface area contributed by atoms with Crippen LogP contribution in [0.1, 0.15) is 97.4 Å². The normalized spacial score (nSPS) is 11.7. The molecule has 10 nitrogen and oxygen atoms in total. The minimum absolute atomic E-state index is 0.222. The van der Waals surface area contributed by atoms with E-state index in [1.54, 1.807) is 18.2 Å². The number of aromatic amines is 1. The van der Waals surface area contributed by atoms with Crippen molar-refractivity contribution in [1.82, 2.24) is 26.3 Å². The number of amides is 3. The van der Waals surface area contributed by atoms with Gasteiger partial charge in [0.05, 0.1) is 0 Å². The molecule has 55 heavy (non-hydrogen) atoms. The van der Waals surface area contributed by atoms with E-state index in [1.165, 1.54) is 51.4 Å². The molecule has 0 spiro atoms. The first kappa shape index (κ1) is 41.0. The van der Waals surface area contributed by atoms with Crippen LogP contribution in [-0.4, -0.2) is 54.3 Å². The van der Waals surface area contributed by atoms with E-state index in [9.17, 15) is 14.4 Å². The Morgan fingerprint density at radius 2 is 1.40 bits per heavy atom. The van der Waals surface area contributed by atoms with Crippen LogP contribution in [0.2, 0.25) is 0 Å². The van der Waals surface area contributed by atoms with Gasteiger partial charge in [-0.25, -0.2) is 0 Å². The van der Waals surface area contributed by atoms with Crippen LogP contribution in [0.15, 0.2) is 89.5 Å². The van der Waals surface area contributed by atoms with Gasteiger partial charge in [0, 0.05) is 64.3 Å². The van der Waals surface area contributed by atoms with Crippen LogP contribution in [0.3, 0.4) is 0 Å². The van der Waals surface area contributed by atoms with E-state index in [0.717, 1.165) is 46.6 Å². The second kappa shape index (κ2) is 21.1. The molecular formula is C44H54BrN7O3. The number of unbranched alkanes of at least 4 members (excludes halogenated alkanes) is 9. The van der Waals surface area contributed by atoms with Gasteiger partial charge in [0.1, 0.15) is 6.04 Å². The summed E-state index contributed by atoms with van der Waals surface area (Å²) in [4.78, 5) is 44.1. The number of nitrogens with one attached hydrogen (secondary N) is 6. The van der Waals surface area contributed by atoms with Gasteiger partial charge in [-0.1, -0.05) is 135 Å². The Bertz CT molecular complexity index is 2080. The van der Waals surface area contributed by atoms with Crippen molar-refractivity contribution < 1.29 is 14.4 Å². The first-order chi connectivity index (χ1) is 26.8. The molecule has 3 amide bonds. The van der Waals surface area contributed by atoms with Crippen molar-refractivity contribution in [1.29, 1.82) is 5.41 Å². The third-order valence-electron chi connectivity index (χ3n) is 9.97. The van der Waals surface area contributed by atoms with Crippen LogP contribution >= 0.6 is 15.9 Å². The third kappa shape index (κ3) is 11.7. The summed E-state index contributed by atoms with van der Waals surface area (Å²) in [5.74, 6) is -1.22. The van der Waals surface area contributed by atoms with Gasteiger partial charge < -0.3 is 32.0 Å². The second-order valence-electron chi connectivity index (χ2n) is 14.1. The first-order valence-electron chi connectivity index (χ1n) is 19.6. The van der Waals surface area contributed by atoms with E-state index in [-0.39, 0.29) is 30.4 Å². The van der Waals surface area contributed by atoms with Gasteiger partial charge in [-0.15, -0.1) is 0 Å². The van der Waals surface area contributed by atoms with E-state index in [0.29, 0.717) is 27.7 Å². The topological polar surface area (TPSA) is 165 Å². The van der Waals surface area contributed by atoms with Gasteiger partial charge in [-0.05, 0) is 52.6 Å². The number of H-pyrrole nitrogens is 1. The monoisotopic (exact) mass is 807 g/mol. The van der Waals surface area contributed by atoms with Crippen LogP contribution in [-0.2, 0) is 11.2 Å². The van der Waals surface area contributed by atoms with Gasteiger partial charge >= 0.3 is 0 Å². The summed E-state index contributed by atoms with van der Waals surface area (Å²) in [5.41, 5.74) is 9.32. The average Bonchev–Trinajstić information content (AvgIpc) is 3.60. The minimum Gasteiger partial charge on any atom is -0.366 e. The van der Waals surface area contributed by atoms with Crippen LogP contribution in [0.4, 0.5) is 0 Å². The molecule has 11 heteroatoms. The van der Waals surface area contributed by atoms with Crippen LogP contribution < -0.4 is 27.0 Å². The SMILES string of the molecule is CCCCCCCCCCCCNC(=N)NCCNC(=O)C(Cc1c[nH]c2ccccc12)NC(=O)c1cc(Br)ccc1-c1c(C(N)=O)ccc2ccccc12. The van der Waals surface area contributed by atoms with Crippen LogP contribution in [0, 0.1) is 5.41 Å². The van der Waals surface area contributed by atoms with E-state index >= 15 is 0 Å². The summed E-state index contributed by atoms with van der Waals surface area (Å²) in [6, 6.07) is 23.3. The highest BCUT2D eigenvalue weighted by atomic mass is 79.9. The molecule has 0 radical (unpaired) electrons. The van der Waals surface area contributed by atoms with Crippen molar-refractivity contribution >= 4 is 61.3 Å². The fourth-order valence-corrected chi connectivity index (χ4v) is 7.40. The summed E-state index contributed by atoms with van der Waals surface area (Å²) in [6.07, 6.45) is 14.7. The molecule has 0 aliphatic heterocycles. The first-order valence-corrected chi connectivity index (χ1v) is 20.4. The highest BCUT2D eigenvalue weighted by molar-refractivity contribution is 9.10. The maximum Gasteiger partial charge on any atom is 0.252 e. The lowest BCUT2D eigenvalue weighted by Gasteiger charge is -2.21. The molecule has 5 rings (SSSR count). The number of benzene rings is 4. The number of hydrogen-bond acceptors (Lipinski definition) is 4. The highest BCUT2D eigenvalue weighted by Gasteiger charge is 2.26. The quantitative estimate of drug-likeness (QED) is 0.0225. The van der Waals surface area contributed by atoms with Gasteiger partial charge in [0.15, 0.2) is 5.96 Å². The Balaban J connectivity index is 1.22. The van der Waals surface area contributed by atoms with Crippen molar-refractivity contribution in [3.8, 4) is 11.1 Å². The number of halogens is 1. The highest BCUT2D eigenvalue weighted by Crippen LogP contribution is 2.36. The Kier molecular flexibility index (Phi) is 15.7. The molecule has 0 aliphatic carbocycles. The zero-order valence-corrected chi connectivity index (χ0v) is 33.3. The maximum atomic E-state index is 14.3. The number of fused-ring (bicyclic) bond motifs is 2. The zero-order valence-electron chi connectivity index (χ0n) is 31.7. The molecule has 0 saturated heterocycles. The minimum atomic E-state index is -0.935. The summed E-state index contributed by atoms with van der Waals surface area (Å²) in [7, 11) is 0. The number of rotatable bonds is 21.